The highest BCUT2D eigenvalue weighted by atomic mass is 31.2. The molecule has 0 aromatic heterocycles. The third-order valence-corrected chi connectivity index (χ3v) is 8.31. The van der Waals surface area contributed by atoms with Gasteiger partial charge in [0.15, 0.2) is 6.10 Å². The van der Waals surface area contributed by atoms with Crippen LogP contribution in [0.15, 0.2) is 85.1 Å². The summed E-state index contributed by atoms with van der Waals surface area (Å²) in [6.07, 6.45) is 44.9. The summed E-state index contributed by atoms with van der Waals surface area (Å²) < 4.78 is 31.9. The van der Waals surface area contributed by atoms with Gasteiger partial charge in [-0.05, 0) is 83.5 Å². The van der Waals surface area contributed by atoms with E-state index in [2.05, 4.69) is 97.4 Å². The Morgan fingerprint density at radius 1 is 0.647 bits per heavy atom. The lowest BCUT2D eigenvalue weighted by Crippen LogP contribution is -2.29. The van der Waals surface area contributed by atoms with Crippen molar-refractivity contribution < 1.29 is 42.7 Å². The summed E-state index contributed by atoms with van der Waals surface area (Å²) in [4.78, 5) is 42.7. The van der Waals surface area contributed by atoms with E-state index in [-0.39, 0.29) is 19.4 Å². The molecule has 10 heteroatoms. The van der Waals surface area contributed by atoms with Gasteiger partial charge in [-0.2, -0.15) is 0 Å². The third kappa shape index (κ3) is 31.6. The zero-order valence-electron chi connectivity index (χ0n) is 31.2. The molecule has 0 aromatic carbocycles. The molecule has 1 fully saturated rings. The molecule has 1 aliphatic heterocycles. The molecule has 9 nitrogen and oxygen atoms in total. The summed E-state index contributed by atoms with van der Waals surface area (Å²) in [5, 5.41) is 0. The molecular formula is C41H65O9P. The monoisotopic (exact) mass is 732 g/mol. The Morgan fingerprint density at radius 3 is 1.78 bits per heavy atom. The molecule has 0 spiro atoms. The van der Waals surface area contributed by atoms with E-state index < -0.39 is 32.5 Å². The summed E-state index contributed by atoms with van der Waals surface area (Å²) in [5.74, 6) is -1.01. The van der Waals surface area contributed by atoms with Crippen LogP contribution in [0.3, 0.4) is 0 Å². The molecule has 0 bridgehead atoms. The minimum absolute atomic E-state index is 0.140. The zero-order valence-corrected chi connectivity index (χ0v) is 32.1. The van der Waals surface area contributed by atoms with E-state index in [9.17, 15) is 14.2 Å². The Bertz CT molecular complexity index is 1160. The fourth-order valence-corrected chi connectivity index (χ4v) is 5.28. The van der Waals surface area contributed by atoms with Gasteiger partial charge in [-0.3, -0.25) is 14.1 Å². The molecule has 3 atom stereocenters. The minimum Gasteiger partial charge on any atom is -0.462 e. The lowest BCUT2D eigenvalue weighted by molar-refractivity contribution is -0.161. The van der Waals surface area contributed by atoms with Crippen LogP contribution in [0.5, 0.6) is 0 Å². The lowest BCUT2D eigenvalue weighted by atomic mass is 10.1. The average Bonchev–Trinajstić information content (AvgIpc) is 3.85. The topological polar surface area (TPSA) is 132 Å². The van der Waals surface area contributed by atoms with Gasteiger partial charge in [0.25, 0.3) is 0 Å². The van der Waals surface area contributed by atoms with Crippen molar-refractivity contribution in [1.82, 2.24) is 0 Å². The van der Waals surface area contributed by atoms with Crippen LogP contribution in [0.1, 0.15) is 129 Å². The number of epoxide rings is 1. The number of rotatable bonds is 32. The number of unbranched alkanes of at least 4 members (excludes halogenated alkanes) is 5. The fourth-order valence-electron chi connectivity index (χ4n) is 4.92. The van der Waals surface area contributed by atoms with Crippen LogP contribution >= 0.6 is 7.82 Å². The summed E-state index contributed by atoms with van der Waals surface area (Å²) >= 11 is 0. The lowest BCUT2D eigenvalue weighted by Gasteiger charge is -2.18. The molecule has 0 amide bonds. The molecule has 1 heterocycles. The number of hydrogen-bond donors (Lipinski definition) is 2. The summed E-state index contributed by atoms with van der Waals surface area (Å²) in [5.41, 5.74) is 0. The van der Waals surface area contributed by atoms with Crippen LogP contribution in [-0.2, 0) is 32.9 Å². The first-order valence-electron chi connectivity index (χ1n) is 19.0. The number of esters is 2. The molecule has 0 radical (unpaired) electrons. The van der Waals surface area contributed by atoms with E-state index in [1.54, 1.807) is 0 Å². The van der Waals surface area contributed by atoms with Crippen LogP contribution in [0.2, 0.25) is 0 Å². The predicted molar refractivity (Wildman–Crippen MR) is 206 cm³/mol. The van der Waals surface area contributed by atoms with E-state index >= 15 is 0 Å². The SMILES string of the molecule is CC/C=C\C/C=C\C/C=C\C/C=C\CCCCC(=O)O[C@H](COC(=O)CCC/C=C\C/C=C\C/C=C\CC1OC1CCCCC)COP(=O)(O)O. The van der Waals surface area contributed by atoms with Crippen molar-refractivity contribution in [1.29, 1.82) is 0 Å². The molecule has 288 valence electrons. The Morgan fingerprint density at radius 2 is 1.20 bits per heavy atom. The molecule has 51 heavy (non-hydrogen) atoms. The Labute approximate surface area is 307 Å². The molecule has 0 saturated carbocycles. The van der Waals surface area contributed by atoms with Gasteiger partial charge in [0.1, 0.15) is 6.61 Å². The molecule has 2 N–H and O–H groups in total. The van der Waals surface area contributed by atoms with E-state index in [0.29, 0.717) is 31.5 Å². The molecule has 0 aliphatic carbocycles. The molecule has 1 aliphatic rings. The van der Waals surface area contributed by atoms with Crippen LogP contribution in [-0.4, -0.2) is 53.3 Å². The quantitative estimate of drug-likeness (QED) is 0.0228. The molecule has 1 rings (SSSR count). The summed E-state index contributed by atoms with van der Waals surface area (Å²) in [7, 11) is -4.78. The third-order valence-electron chi connectivity index (χ3n) is 7.82. The molecule has 1 saturated heterocycles. The van der Waals surface area contributed by atoms with Gasteiger partial charge in [-0.15, -0.1) is 0 Å². The van der Waals surface area contributed by atoms with Crippen LogP contribution in [0.4, 0.5) is 0 Å². The van der Waals surface area contributed by atoms with Gasteiger partial charge in [0.05, 0.1) is 18.8 Å². The van der Waals surface area contributed by atoms with E-state index in [0.717, 1.165) is 57.8 Å². The van der Waals surface area contributed by atoms with Gasteiger partial charge in [-0.25, -0.2) is 4.57 Å². The molecular weight excluding hydrogens is 667 g/mol. The van der Waals surface area contributed by atoms with Crippen molar-refractivity contribution in [3.8, 4) is 0 Å². The summed E-state index contributed by atoms with van der Waals surface area (Å²) in [6.45, 7) is 3.42. The fraction of sp³-hybridized carbons (Fsp3) is 0.610. The maximum Gasteiger partial charge on any atom is 0.469 e. The second-order valence-electron chi connectivity index (χ2n) is 12.6. The number of carbonyl (C=O) groups excluding carboxylic acids is 2. The maximum atomic E-state index is 12.3. The first kappa shape index (κ1) is 46.2. The summed E-state index contributed by atoms with van der Waals surface area (Å²) in [6, 6.07) is 0. The number of carbonyl (C=O) groups is 2. The van der Waals surface area contributed by atoms with Crippen molar-refractivity contribution in [2.75, 3.05) is 13.2 Å². The Hall–Kier alpha value is -2.81. The van der Waals surface area contributed by atoms with Crippen molar-refractivity contribution in [2.24, 2.45) is 0 Å². The number of ether oxygens (including phenoxy) is 3. The standard InChI is InChI=1S/C41H65O9P/c1-3-5-7-8-9-10-11-12-13-14-15-20-23-26-30-34-41(43)49-37(36-48-51(44,45)46)35-47-40(42)33-29-25-22-19-17-16-18-21-24-28-32-39-38(50-39)31-27-6-4-2/h5,7,9-10,12-13,15-16,18-20,22,24,28,37-39H,3-4,6,8,11,14,17,21,23,25-27,29-36H2,1-2H3,(H2,44,45,46)/b7-5-,10-9-,13-12-,18-16-,20-15-,22-19-,28-24-/t37-,38?,39?/m1/s1. The highest BCUT2D eigenvalue weighted by Gasteiger charge is 2.36. The van der Waals surface area contributed by atoms with Gasteiger partial charge in [0.2, 0.25) is 0 Å². The van der Waals surface area contributed by atoms with E-state index in [4.69, 9.17) is 24.0 Å². The zero-order chi connectivity index (χ0) is 37.3. The second-order valence-corrected chi connectivity index (χ2v) is 13.8. The Balaban J connectivity index is 2.17. The second kappa shape index (κ2) is 31.9. The number of allylic oxidation sites excluding steroid dienone is 13. The van der Waals surface area contributed by atoms with E-state index in [1.165, 1.54) is 25.7 Å². The van der Waals surface area contributed by atoms with Crippen molar-refractivity contribution in [3.05, 3.63) is 85.1 Å². The van der Waals surface area contributed by atoms with Crippen molar-refractivity contribution >= 4 is 19.8 Å². The normalized spacial score (nSPS) is 17.4. The van der Waals surface area contributed by atoms with Crippen LogP contribution in [0.25, 0.3) is 0 Å². The van der Waals surface area contributed by atoms with Gasteiger partial charge in [0, 0.05) is 12.8 Å². The van der Waals surface area contributed by atoms with Crippen LogP contribution < -0.4 is 0 Å². The largest absolute Gasteiger partial charge is 0.469 e. The number of hydrogen-bond acceptors (Lipinski definition) is 7. The Kier molecular flexibility index (Phi) is 28.9. The number of phosphoric acid groups is 1. The molecule has 2 unspecified atom stereocenters. The van der Waals surface area contributed by atoms with Gasteiger partial charge in [-0.1, -0.05) is 118 Å². The van der Waals surface area contributed by atoms with Gasteiger partial charge < -0.3 is 24.0 Å². The maximum absolute atomic E-state index is 12.3. The van der Waals surface area contributed by atoms with Crippen molar-refractivity contribution in [3.63, 3.8) is 0 Å². The predicted octanol–water partition coefficient (Wildman–Crippen LogP) is 10.3. The van der Waals surface area contributed by atoms with Crippen LogP contribution in [0, 0.1) is 0 Å². The highest BCUT2D eigenvalue weighted by molar-refractivity contribution is 7.46. The van der Waals surface area contributed by atoms with Crippen molar-refractivity contribution in [2.45, 2.75) is 148 Å². The average molecular weight is 733 g/mol. The minimum atomic E-state index is -4.78. The smallest absolute Gasteiger partial charge is 0.462 e. The first-order valence-corrected chi connectivity index (χ1v) is 20.5. The van der Waals surface area contributed by atoms with Gasteiger partial charge >= 0.3 is 19.8 Å². The van der Waals surface area contributed by atoms with E-state index in [1.807, 2.05) is 6.08 Å². The number of phosphoric ester groups is 1. The molecule has 0 aromatic rings. The highest BCUT2D eigenvalue weighted by Crippen LogP contribution is 2.36. The first-order chi connectivity index (χ1) is 24.7.